The number of methoxy groups -OCH3 is 1. The average molecular weight is 281 g/mol. The number of carboxylic acids is 1. The van der Waals surface area contributed by atoms with Crippen LogP contribution in [0.1, 0.15) is 10.4 Å². The number of anilines is 1. The van der Waals surface area contributed by atoms with Gasteiger partial charge in [-0.15, -0.1) is 0 Å². The van der Waals surface area contributed by atoms with Crippen LogP contribution in [0.15, 0.2) is 12.1 Å². The Hall–Kier alpha value is -2.32. The lowest BCUT2D eigenvalue weighted by molar-refractivity contribution is -0.167. The van der Waals surface area contributed by atoms with Gasteiger partial charge in [0, 0.05) is 0 Å². The molecule has 0 saturated heterocycles. The van der Waals surface area contributed by atoms with Crippen LogP contribution in [0.5, 0.6) is 5.75 Å². The minimum atomic E-state index is -5.24. The molecule has 0 spiro atoms. The van der Waals surface area contributed by atoms with E-state index in [-0.39, 0.29) is 0 Å². The van der Waals surface area contributed by atoms with Crippen LogP contribution in [0.25, 0.3) is 0 Å². The Morgan fingerprint density at radius 3 is 2.32 bits per heavy atom. The number of hydrogen-bond donors (Lipinski definition) is 2. The van der Waals surface area contributed by atoms with E-state index in [0.29, 0.717) is 6.07 Å². The van der Waals surface area contributed by atoms with Gasteiger partial charge in [-0.25, -0.2) is 9.18 Å². The molecule has 0 bridgehead atoms. The van der Waals surface area contributed by atoms with Crippen LogP contribution in [0.4, 0.5) is 23.2 Å². The van der Waals surface area contributed by atoms with Crippen molar-refractivity contribution >= 4 is 17.6 Å². The van der Waals surface area contributed by atoms with Gasteiger partial charge in [-0.3, -0.25) is 4.79 Å². The van der Waals surface area contributed by atoms with Crippen molar-refractivity contribution in [3.8, 4) is 5.75 Å². The lowest BCUT2D eigenvalue weighted by Crippen LogP contribution is -2.31. The Bertz CT molecular complexity index is 527. The fourth-order valence-electron chi connectivity index (χ4n) is 1.25. The second-order valence-corrected chi connectivity index (χ2v) is 3.26. The van der Waals surface area contributed by atoms with Crippen LogP contribution in [0.3, 0.4) is 0 Å². The third-order valence-corrected chi connectivity index (χ3v) is 2.05. The van der Waals surface area contributed by atoms with Gasteiger partial charge in [-0.2, -0.15) is 13.2 Å². The highest BCUT2D eigenvalue weighted by atomic mass is 19.4. The normalized spacial score (nSPS) is 11.0. The van der Waals surface area contributed by atoms with Crippen LogP contribution in [0.2, 0.25) is 0 Å². The summed E-state index contributed by atoms with van der Waals surface area (Å²) in [5.74, 6) is -5.98. The fourth-order valence-corrected chi connectivity index (χ4v) is 1.25. The molecule has 2 N–H and O–H groups in total. The Morgan fingerprint density at radius 1 is 1.32 bits per heavy atom. The Balaban J connectivity index is 3.35. The molecule has 1 aromatic carbocycles. The molecule has 104 valence electrons. The summed E-state index contributed by atoms with van der Waals surface area (Å²) in [6.07, 6.45) is -5.24. The minimum absolute atomic E-state index is 0.406. The molecule has 0 saturated carbocycles. The van der Waals surface area contributed by atoms with E-state index in [1.54, 1.807) is 0 Å². The minimum Gasteiger partial charge on any atom is -0.495 e. The summed E-state index contributed by atoms with van der Waals surface area (Å²) in [6.45, 7) is 0. The smallest absolute Gasteiger partial charge is 0.471 e. The lowest BCUT2D eigenvalue weighted by atomic mass is 10.1. The molecular weight excluding hydrogens is 274 g/mol. The van der Waals surface area contributed by atoms with Gasteiger partial charge in [0.15, 0.2) is 0 Å². The predicted octanol–water partition coefficient (Wildman–Crippen LogP) is 2.03. The van der Waals surface area contributed by atoms with Gasteiger partial charge in [0.05, 0.1) is 7.11 Å². The van der Waals surface area contributed by atoms with Gasteiger partial charge in [0.2, 0.25) is 0 Å². The van der Waals surface area contributed by atoms with E-state index in [2.05, 4.69) is 4.74 Å². The van der Waals surface area contributed by atoms with Gasteiger partial charge in [-0.1, -0.05) is 0 Å². The quantitative estimate of drug-likeness (QED) is 0.831. The number of nitrogens with one attached hydrogen (secondary N) is 1. The van der Waals surface area contributed by atoms with Crippen molar-refractivity contribution in [3.05, 3.63) is 23.5 Å². The van der Waals surface area contributed by atoms with E-state index in [1.807, 2.05) is 0 Å². The number of rotatable bonds is 3. The highest BCUT2D eigenvalue weighted by Gasteiger charge is 2.40. The van der Waals surface area contributed by atoms with E-state index in [0.717, 1.165) is 13.2 Å². The van der Waals surface area contributed by atoms with Crippen LogP contribution < -0.4 is 10.1 Å². The molecule has 5 nitrogen and oxygen atoms in total. The van der Waals surface area contributed by atoms with Crippen LogP contribution >= 0.6 is 0 Å². The highest BCUT2D eigenvalue weighted by Crippen LogP contribution is 2.32. The number of carboxylic acid groups (broad SMARTS) is 1. The van der Waals surface area contributed by atoms with Gasteiger partial charge < -0.3 is 15.2 Å². The first-order valence-corrected chi connectivity index (χ1v) is 4.66. The van der Waals surface area contributed by atoms with E-state index in [9.17, 15) is 27.2 Å². The lowest BCUT2D eigenvalue weighted by Gasteiger charge is -2.14. The van der Waals surface area contributed by atoms with E-state index < -0.39 is 40.9 Å². The fraction of sp³-hybridized carbons (Fsp3) is 0.200. The van der Waals surface area contributed by atoms with Crippen LogP contribution in [-0.4, -0.2) is 30.3 Å². The van der Waals surface area contributed by atoms with Gasteiger partial charge in [-0.05, 0) is 12.1 Å². The summed E-state index contributed by atoms with van der Waals surface area (Å²) in [7, 11) is 1.03. The van der Waals surface area contributed by atoms with Crippen molar-refractivity contribution in [3.63, 3.8) is 0 Å². The number of hydrogen-bond acceptors (Lipinski definition) is 3. The third kappa shape index (κ3) is 3.12. The maximum atomic E-state index is 13.3. The Labute approximate surface area is 103 Å². The second-order valence-electron chi connectivity index (χ2n) is 3.26. The monoisotopic (exact) mass is 281 g/mol. The molecule has 1 aromatic rings. The molecule has 0 radical (unpaired) electrons. The first kappa shape index (κ1) is 14.7. The van der Waals surface area contributed by atoms with Crippen molar-refractivity contribution in [2.24, 2.45) is 0 Å². The maximum absolute atomic E-state index is 13.3. The van der Waals surface area contributed by atoms with Gasteiger partial charge in [0.25, 0.3) is 0 Å². The molecule has 0 fully saturated rings. The number of halogens is 4. The second kappa shape index (κ2) is 5.12. The van der Waals surface area contributed by atoms with Crippen molar-refractivity contribution in [2.45, 2.75) is 6.18 Å². The first-order valence-electron chi connectivity index (χ1n) is 4.66. The highest BCUT2D eigenvalue weighted by molar-refractivity contribution is 6.04. The largest absolute Gasteiger partial charge is 0.495 e. The number of aromatic carboxylic acids is 1. The maximum Gasteiger partial charge on any atom is 0.471 e. The van der Waals surface area contributed by atoms with Crippen molar-refractivity contribution in [2.75, 3.05) is 12.4 Å². The summed E-state index contributed by atoms with van der Waals surface area (Å²) in [5, 5.41) is 10.0. The zero-order valence-corrected chi connectivity index (χ0v) is 9.34. The third-order valence-electron chi connectivity index (χ3n) is 2.05. The number of carbonyl (C=O) groups excluding carboxylic acids is 1. The van der Waals surface area contributed by atoms with Crippen LogP contribution in [-0.2, 0) is 4.79 Å². The summed E-state index contributed by atoms with van der Waals surface area (Å²) < 4.78 is 54.2. The standard InChI is InChI=1S/C10H7F4NO4/c1-19-5-3-2-4(11)6(8(16)17)7(5)15-9(18)10(12,13)14/h2-3H,1H3,(H,15,18)(H,16,17). The van der Waals surface area contributed by atoms with E-state index in [4.69, 9.17) is 5.11 Å². The SMILES string of the molecule is COc1ccc(F)c(C(=O)O)c1NC(=O)C(F)(F)F. The summed E-state index contributed by atoms with van der Waals surface area (Å²) in [5.41, 5.74) is -2.01. The summed E-state index contributed by atoms with van der Waals surface area (Å²) in [4.78, 5) is 21.6. The van der Waals surface area contributed by atoms with Gasteiger partial charge in [0.1, 0.15) is 22.8 Å². The zero-order chi connectivity index (χ0) is 14.8. The molecule has 1 rings (SSSR count). The van der Waals surface area contributed by atoms with Crippen molar-refractivity contribution < 1.29 is 37.0 Å². The zero-order valence-electron chi connectivity index (χ0n) is 9.34. The van der Waals surface area contributed by atoms with E-state index in [1.165, 1.54) is 5.32 Å². The van der Waals surface area contributed by atoms with Crippen molar-refractivity contribution in [1.82, 2.24) is 0 Å². The molecule has 0 aliphatic rings. The molecule has 0 aliphatic carbocycles. The summed E-state index contributed by atoms with van der Waals surface area (Å²) in [6, 6.07) is 1.60. The van der Waals surface area contributed by atoms with Crippen LogP contribution in [0, 0.1) is 5.82 Å². The molecule has 0 heterocycles. The number of ether oxygens (including phenoxy) is 1. The average Bonchev–Trinajstić information content (AvgIpc) is 2.27. The summed E-state index contributed by atoms with van der Waals surface area (Å²) >= 11 is 0. The van der Waals surface area contributed by atoms with Crippen molar-refractivity contribution in [1.29, 1.82) is 0 Å². The molecule has 0 aromatic heterocycles. The Kier molecular flexibility index (Phi) is 3.98. The van der Waals surface area contributed by atoms with Gasteiger partial charge >= 0.3 is 18.1 Å². The number of benzene rings is 1. The number of amides is 1. The number of carbonyl (C=O) groups is 2. The number of alkyl halides is 3. The first-order chi connectivity index (χ1) is 8.68. The molecule has 0 atom stereocenters. The van der Waals surface area contributed by atoms with E-state index >= 15 is 0 Å². The molecular formula is C10H7F4NO4. The molecule has 9 heteroatoms. The molecule has 1 amide bonds. The molecule has 0 unspecified atom stereocenters. The Morgan fingerprint density at radius 2 is 1.89 bits per heavy atom. The molecule has 0 aliphatic heterocycles. The topological polar surface area (TPSA) is 75.6 Å². The molecule has 19 heavy (non-hydrogen) atoms. The predicted molar refractivity (Wildman–Crippen MR) is 54.6 cm³/mol.